The van der Waals surface area contributed by atoms with Gasteiger partial charge in [0.05, 0.1) is 6.61 Å². The van der Waals surface area contributed by atoms with Crippen molar-refractivity contribution in [1.29, 1.82) is 0 Å². The number of ether oxygens (including phenoxy) is 1. The fourth-order valence-electron chi connectivity index (χ4n) is 1.29. The van der Waals surface area contributed by atoms with Gasteiger partial charge in [0.2, 0.25) is 0 Å². The molecule has 0 spiro atoms. The number of hydrogen-bond donors (Lipinski definition) is 0. The summed E-state index contributed by atoms with van der Waals surface area (Å²) in [6.45, 7) is 2.84. The molecule has 2 aromatic heterocycles. The molecule has 0 N–H and O–H groups in total. The number of fused-ring (bicyclic) bond motifs is 1. The van der Waals surface area contributed by atoms with Gasteiger partial charge < -0.3 is 4.74 Å². The van der Waals surface area contributed by atoms with Crippen LogP contribution in [0.3, 0.4) is 0 Å². The molecule has 0 fully saturated rings. The minimum Gasteiger partial charge on any atom is -0.384 e. The third-order valence-electron chi connectivity index (χ3n) is 1.94. The second-order valence-electron chi connectivity index (χ2n) is 3.10. The van der Waals surface area contributed by atoms with E-state index in [9.17, 15) is 0 Å². The number of methoxy groups -OCH3 is 1. The number of aryl methyl sites for hydroxylation is 1. The van der Waals surface area contributed by atoms with Crippen molar-refractivity contribution in [3.63, 3.8) is 0 Å². The highest BCUT2D eigenvalue weighted by atomic mass is 32.2. The van der Waals surface area contributed by atoms with Gasteiger partial charge in [0.1, 0.15) is 16.2 Å². The Morgan fingerprint density at radius 3 is 3.13 bits per heavy atom. The van der Waals surface area contributed by atoms with Gasteiger partial charge in [-0.05, 0) is 13.0 Å². The van der Waals surface area contributed by atoms with Crippen LogP contribution < -0.4 is 0 Å². The Hall–Kier alpha value is -0.650. The molecule has 0 amide bonds. The van der Waals surface area contributed by atoms with Crippen LogP contribution in [0.1, 0.15) is 4.88 Å². The lowest BCUT2D eigenvalue weighted by atomic mass is 10.4. The fourth-order valence-corrected chi connectivity index (χ4v) is 3.08. The van der Waals surface area contributed by atoms with E-state index in [1.807, 2.05) is 0 Å². The molecule has 0 unspecified atom stereocenters. The summed E-state index contributed by atoms with van der Waals surface area (Å²) in [4.78, 5) is 10.9. The standard InChI is InChI=1S/C10H12N2OS2/c1-7-5-8-9(14-4-3-13-2)11-6-12-10(8)15-7/h5-6H,3-4H2,1-2H3. The van der Waals surface area contributed by atoms with Crippen LogP contribution in [0.15, 0.2) is 17.4 Å². The summed E-state index contributed by atoms with van der Waals surface area (Å²) in [5.74, 6) is 0.928. The van der Waals surface area contributed by atoms with E-state index in [-0.39, 0.29) is 0 Å². The first-order chi connectivity index (χ1) is 7.31. The topological polar surface area (TPSA) is 35.0 Å². The Bertz CT molecular complexity index is 456. The quantitative estimate of drug-likeness (QED) is 0.467. The number of aromatic nitrogens is 2. The molecule has 0 aliphatic rings. The lowest BCUT2D eigenvalue weighted by Crippen LogP contribution is -1.92. The number of thioether (sulfide) groups is 1. The zero-order chi connectivity index (χ0) is 10.7. The molecule has 3 nitrogen and oxygen atoms in total. The molecule has 2 heterocycles. The molecule has 0 saturated carbocycles. The monoisotopic (exact) mass is 240 g/mol. The van der Waals surface area contributed by atoms with Crippen LogP contribution in [0.25, 0.3) is 10.2 Å². The van der Waals surface area contributed by atoms with E-state index in [4.69, 9.17) is 4.74 Å². The normalized spacial score (nSPS) is 11.1. The van der Waals surface area contributed by atoms with Gasteiger partial charge in [0.15, 0.2) is 0 Å². The summed E-state index contributed by atoms with van der Waals surface area (Å²) in [6, 6.07) is 2.15. The van der Waals surface area contributed by atoms with Crippen molar-refractivity contribution < 1.29 is 4.74 Å². The van der Waals surface area contributed by atoms with Gasteiger partial charge in [0.25, 0.3) is 0 Å². The van der Waals surface area contributed by atoms with Crippen molar-refractivity contribution in [3.05, 3.63) is 17.3 Å². The average molecular weight is 240 g/mol. The van der Waals surface area contributed by atoms with Gasteiger partial charge in [-0.25, -0.2) is 9.97 Å². The molecule has 5 heteroatoms. The summed E-state index contributed by atoms with van der Waals surface area (Å²) < 4.78 is 5.02. The maximum absolute atomic E-state index is 5.02. The zero-order valence-corrected chi connectivity index (χ0v) is 10.3. The Balaban J connectivity index is 2.25. The van der Waals surface area contributed by atoms with Gasteiger partial charge >= 0.3 is 0 Å². The maximum Gasteiger partial charge on any atom is 0.128 e. The van der Waals surface area contributed by atoms with E-state index in [1.165, 1.54) is 10.3 Å². The Morgan fingerprint density at radius 1 is 1.47 bits per heavy atom. The lowest BCUT2D eigenvalue weighted by molar-refractivity contribution is 0.218. The molecule has 2 aromatic rings. The van der Waals surface area contributed by atoms with Gasteiger partial charge in [-0.3, -0.25) is 0 Å². The minimum absolute atomic E-state index is 0.749. The number of nitrogens with zero attached hydrogens (tertiary/aromatic N) is 2. The molecule has 0 saturated heterocycles. The van der Waals surface area contributed by atoms with E-state index in [2.05, 4.69) is 23.0 Å². The van der Waals surface area contributed by atoms with Crippen molar-refractivity contribution in [2.24, 2.45) is 0 Å². The molecule has 0 aromatic carbocycles. The fraction of sp³-hybridized carbons (Fsp3) is 0.400. The van der Waals surface area contributed by atoms with Crippen molar-refractivity contribution >= 4 is 33.3 Å². The largest absolute Gasteiger partial charge is 0.384 e. The molecule has 0 aliphatic carbocycles. The Kier molecular flexibility index (Phi) is 3.56. The zero-order valence-electron chi connectivity index (χ0n) is 8.69. The van der Waals surface area contributed by atoms with E-state index in [1.54, 1.807) is 36.5 Å². The highest BCUT2D eigenvalue weighted by Crippen LogP contribution is 2.29. The Morgan fingerprint density at radius 2 is 2.33 bits per heavy atom. The molecule has 80 valence electrons. The first-order valence-electron chi connectivity index (χ1n) is 4.64. The van der Waals surface area contributed by atoms with Crippen molar-refractivity contribution in [1.82, 2.24) is 9.97 Å². The first-order valence-corrected chi connectivity index (χ1v) is 6.44. The van der Waals surface area contributed by atoms with Crippen LogP contribution in [0.5, 0.6) is 0 Å². The molecule has 2 rings (SSSR count). The van der Waals surface area contributed by atoms with Crippen LogP contribution in [-0.2, 0) is 4.74 Å². The lowest BCUT2D eigenvalue weighted by Gasteiger charge is -2.00. The predicted octanol–water partition coefficient (Wildman–Crippen LogP) is 2.74. The van der Waals surface area contributed by atoms with Crippen LogP contribution >= 0.6 is 23.1 Å². The average Bonchev–Trinajstić information content (AvgIpc) is 2.59. The number of thiophene rings is 1. The summed E-state index contributed by atoms with van der Waals surface area (Å²) in [7, 11) is 1.71. The third kappa shape index (κ3) is 2.48. The third-order valence-corrected chi connectivity index (χ3v) is 3.87. The van der Waals surface area contributed by atoms with E-state index in [0.717, 1.165) is 22.2 Å². The number of rotatable bonds is 4. The number of hydrogen-bond acceptors (Lipinski definition) is 5. The highest BCUT2D eigenvalue weighted by molar-refractivity contribution is 7.99. The van der Waals surface area contributed by atoms with Crippen LogP contribution in [0.4, 0.5) is 0 Å². The predicted molar refractivity (Wildman–Crippen MR) is 64.8 cm³/mol. The first kappa shape index (κ1) is 10.9. The highest BCUT2D eigenvalue weighted by Gasteiger charge is 2.06. The van der Waals surface area contributed by atoms with Gasteiger partial charge in [-0.1, -0.05) is 0 Å². The van der Waals surface area contributed by atoms with Crippen LogP contribution in [0.2, 0.25) is 0 Å². The van der Waals surface area contributed by atoms with E-state index in [0.29, 0.717) is 0 Å². The minimum atomic E-state index is 0.749. The molecule has 0 radical (unpaired) electrons. The summed E-state index contributed by atoms with van der Waals surface area (Å²) in [5, 5.41) is 2.22. The molecule has 0 bridgehead atoms. The molecule has 0 aliphatic heterocycles. The van der Waals surface area contributed by atoms with Crippen molar-refractivity contribution in [3.8, 4) is 0 Å². The van der Waals surface area contributed by atoms with Crippen molar-refractivity contribution in [2.75, 3.05) is 19.5 Å². The van der Waals surface area contributed by atoms with Gasteiger partial charge in [-0.2, -0.15) is 0 Å². The van der Waals surface area contributed by atoms with Gasteiger partial charge in [0, 0.05) is 23.1 Å². The summed E-state index contributed by atoms with van der Waals surface area (Å²) >= 11 is 3.43. The van der Waals surface area contributed by atoms with E-state index < -0.39 is 0 Å². The van der Waals surface area contributed by atoms with E-state index >= 15 is 0 Å². The second kappa shape index (κ2) is 4.92. The molecular weight excluding hydrogens is 228 g/mol. The molecular formula is C10H12N2OS2. The maximum atomic E-state index is 5.02. The smallest absolute Gasteiger partial charge is 0.128 e. The van der Waals surface area contributed by atoms with Crippen LogP contribution in [0, 0.1) is 6.92 Å². The SMILES string of the molecule is COCCSc1ncnc2sc(C)cc12. The summed E-state index contributed by atoms with van der Waals surface area (Å²) in [6.07, 6.45) is 1.63. The Labute approximate surface area is 96.9 Å². The molecule has 0 atom stereocenters. The van der Waals surface area contributed by atoms with Crippen molar-refractivity contribution in [2.45, 2.75) is 11.9 Å². The second-order valence-corrected chi connectivity index (χ2v) is 5.41. The molecule has 15 heavy (non-hydrogen) atoms. The summed E-state index contributed by atoms with van der Waals surface area (Å²) in [5.41, 5.74) is 0. The van der Waals surface area contributed by atoms with Crippen LogP contribution in [-0.4, -0.2) is 29.4 Å². The van der Waals surface area contributed by atoms with Gasteiger partial charge in [-0.15, -0.1) is 23.1 Å².